The summed E-state index contributed by atoms with van der Waals surface area (Å²) in [6, 6.07) is 5.41. The smallest absolute Gasteiger partial charge is 0.135 e. The van der Waals surface area contributed by atoms with Crippen molar-refractivity contribution in [3.8, 4) is 23.3 Å². The van der Waals surface area contributed by atoms with Gasteiger partial charge in [0.25, 0.3) is 0 Å². The highest BCUT2D eigenvalue weighted by molar-refractivity contribution is 5.50. The number of aromatic nitrogens is 2. The second-order valence-electron chi connectivity index (χ2n) is 4.31. The monoisotopic (exact) mass is 286 g/mol. The molecule has 0 bridgehead atoms. The highest BCUT2D eigenvalue weighted by atomic mass is 16.5. The van der Waals surface area contributed by atoms with Crippen LogP contribution in [0, 0.1) is 11.8 Å². The summed E-state index contributed by atoms with van der Waals surface area (Å²) < 4.78 is 12.8. The first-order chi connectivity index (χ1) is 10.3. The number of ether oxygens (including phenoxy) is 2. The van der Waals surface area contributed by atoms with Crippen molar-refractivity contribution in [2.24, 2.45) is 0 Å². The van der Waals surface area contributed by atoms with E-state index in [0.717, 1.165) is 12.1 Å². The average Bonchev–Trinajstić information content (AvgIpc) is 2.99. The number of benzene rings is 1. The van der Waals surface area contributed by atoms with Crippen LogP contribution in [0.3, 0.4) is 0 Å². The van der Waals surface area contributed by atoms with Gasteiger partial charge in [-0.2, -0.15) is 5.10 Å². The largest absolute Gasteiger partial charge is 0.497 e. The van der Waals surface area contributed by atoms with Gasteiger partial charge in [0.1, 0.15) is 24.7 Å². The fourth-order valence-corrected chi connectivity index (χ4v) is 1.81. The molecule has 1 N–H and O–H groups in total. The number of hydrogen-bond donors (Lipinski definition) is 1. The molecule has 110 valence electrons. The predicted octanol–water partition coefficient (Wildman–Crippen LogP) is 1.83. The van der Waals surface area contributed by atoms with Gasteiger partial charge in [-0.1, -0.05) is 11.8 Å². The van der Waals surface area contributed by atoms with Gasteiger partial charge >= 0.3 is 0 Å². The lowest BCUT2D eigenvalue weighted by Gasteiger charge is -2.09. The van der Waals surface area contributed by atoms with Crippen LogP contribution in [-0.2, 0) is 13.2 Å². The Bertz CT molecular complexity index is 653. The Kier molecular flexibility index (Phi) is 5.24. The molecule has 5 heteroatoms. The third-order valence-electron chi connectivity index (χ3n) is 2.89. The van der Waals surface area contributed by atoms with E-state index in [1.807, 2.05) is 29.9 Å². The van der Waals surface area contributed by atoms with Crippen LogP contribution < -0.4 is 9.47 Å². The van der Waals surface area contributed by atoms with E-state index in [2.05, 4.69) is 16.9 Å². The summed E-state index contributed by atoms with van der Waals surface area (Å²) in [5.41, 5.74) is 1.68. The third-order valence-corrected chi connectivity index (χ3v) is 2.89. The van der Waals surface area contributed by atoms with E-state index < -0.39 is 0 Å². The van der Waals surface area contributed by atoms with Crippen LogP contribution in [-0.4, -0.2) is 28.6 Å². The minimum atomic E-state index is -0.195. The zero-order valence-electron chi connectivity index (χ0n) is 12.2. The lowest BCUT2D eigenvalue weighted by atomic mass is 10.2. The SMILES string of the molecule is CCn1cc(COc2ccc(OC)cc2C#CCO)cn1. The summed E-state index contributed by atoms with van der Waals surface area (Å²) in [7, 11) is 1.60. The lowest BCUT2D eigenvalue weighted by molar-refractivity contribution is 0.304. The van der Waals surface area contributed by atoms with Crippen molar-refractivity contribution in [2.45, 2.75) is 20.1 Å². The Morgan fingerprint density at radius 3 is 2.90 bits per heavy atom. The van der Waals surface area contributed by atoms with Crippen LogP contribution in [0.15, 0.2) is 30.6 Å². The number of rotatable bonds is 5. The van der Waals surface area contributed by atoms with Gasteiger partial charge in [0.05, 0.1) is 18.9 Å². The predicted molar refractivity (Wildman–Crippen MR) is 79.2 cm³/mol. The van der Waals surface area contributed by atoms with Crippen molar-refractivity contribution in [3.05, 3.63) is 41.7 Å². The highest BCUT2D eigenvalue weighted by Crippen LogP contribution is 2.24. The third kappa shape index (κ3) is 4.01. The van der Waals surface area contributed by atoms with E-state index in [9.17, 15) is 0 Å². The molecule has 5 nitrogen and oxygen atoms in total. The van der Waals surface area contributed by atoms with Crippen molar-refractivity contribution < 1.29 is 14.6 Å². The number of nitrogens with zero attached hydrogens (tertiary/aromatic N) is 2. The van der Waals surface area contributed by atoms with Crippen molar-refractivity contribution >= 4 is 0 Å². The number of aliphatic hydroxyl groups excluding tert-OH is 1. The highest BCUT2D eigenvalue weighted by Gasteiger charge is 2.05. The topological polar surface area (TPSA) is 56.5 Å². The Morgan fingerprint density at radius 1 is 1.38 bits per heavy atom. The molecule has 0 saturated carbocycles. The Hall–Kier alpha value is -2.45. The first-order valence-corrected chi connectivity index (χ1v) is 6.68. The Balaban J connectivity index is 2.14. The number of hydrogen-bond acceptors (Lipinski definition) is 4. The molecular formula is C16H18N2O3. The van der Waals surface area contributed by atoms with Gasteiger partial charge < -0.3 is 14.6 Å². The van der Waals surface area contributed by atoms with E-state index in [4.69, 9.17) is 14.6 Å². The molecule has 0 saturated heterocycles. The molecule has 1 heterocycles. The van der Waals surface area contributed by atoms with Gasteiger partial charge in [-0.05, 0) is 25.1 Å². The standard InChI is InChI=1S/C16H18N2O3/c1-3-18-11-13(10-17-18)12-21-16-7-6-15(20-2)9-14(16)5-4-8-19/h6-7,9-11,19H,3,8,12H2,1-2H3. The number of methoxy groups -OCH3 is 1. The molecule has 0 aliphatic rings. The summed E-state index contributed by atoms with van der Waals surface area (Å²) in [5.74, 6) is 6.84. The summed E-state index contributed by atoms with van der Waals surface area (Å²) in [6.45, 7) is 3.08. The molecule has 21 heavy (non-hydrogen) atoms. The molecule has 0 aliphatic heterocycles. The first kappa shape index (κ1) is 14.9. The summed E-state index contributed by atoms with van der Waals surface area (Å²) in [5, 5.41) is 13.0. The molecule has 0 fully saturated rings. The van der Waals surface area contributed by atoms with Crippen molar-refractivity contribution in [1.29, 1.82) is 0 Å². The Labute approximate surface area is 124 Å². The van der Waals surface area contributed by atoms with Crippen molar-refractivity contribution in [3.63, 3.8) is 0 Å². The van der Waals surface area contributed by atoms with Crippen molar-refractivity contribution in [1.82, 2.24) is 9.78 Å². The quantitative estimate of drug-likeness (QED) is 0.852. The maximum atomic E-state index is 8.83. The van der Waals surface area contributed by atoms with Gasteiger partial charge in [-0.25, -0.2) is 0 Å². The van der Waals surface area contributed by atoms with E-state index in [1.165, 1.54) is 0 Å². The van der Waals surface area contributed by atoms with Crippen LogP contribution in [0.1, 0.15) is 18.1 Å². The van der Waals surface area contributed by atoms with Crippen molar-refractivity contribution in [2.75, 3.05) is 13.7 Å². The van der Waals surface area contributed by atoms with Gasteiger partial charge in [0, 0.05) is 18.3 Å². The molecule has 1 aromatic heterocycles. The Morgan fingerprint density at radius 2 is 2.24 bits per heavy atom. The van der Waals surface area contributed by atoms with Crippen LogP contribution in [0.4, 0.5) is 0 Å². The molecule has 0 amide bonds. The molecule has 2 aromatic rings. The van der Waals surface area contributed by atoms with Crippen LogP contribution in [0.5, 0.6) is 11.5 Å². The molecule has 1 aromatic carbocycles. The maximum Gasteiger partial charge on any atom is 0.135 e. The zero-order chi connectivity index (χ0) is 15.1. The van der Waals surface area contributed by atoms with Crippen LogP contribution in [0.25, 0.3) is 0 Å². The second-order valence-corrected chi connectivity index (χ2v) is 4.31. The van der Waals surface area contributed by atoms with Gasteiger partial charge in [0.15, 0.2) is 0 Å². The van der Waals surface area contributed by atoms with E-state index >= 15 is 0 Å². The summed E-state index contributed by atoms with van der Waals surface area (Å²) in [6.07, 6.45) is 3.73. The second kappa shape index (κ2) is 7.36. The van der Waals surface area contributed by atoms with E-state index in [0.29, 0.717) is 23.7 Å². The van der Waals surface area contributed by atoms with Gasteiger partial charge in [0.2, 0.25) is 0 Å². The van der Waals surface area contributed by atoms with Crippen LogP contribution in [0.2, 0.25) is 0 Å². The summed E-state index contributed by atoms with van der Waals surface area (Å²) >= 11 is 0. The molecule has 0 unspecified atom stereocenters. The summed E-state index contributed by atoms with van der Waals surface area (Å²) in [4.78, 5) is 0. The van der Waals surface area contributed by atoms with E-state index in [1.54, 1.807) is 19.4 Å². The molecule has 2 rings (SSSR count). The fourth-order valence-electron chi connectivity index (χ4n) is 1.81. The maximum absolute atomic E-state index is 8.83. The lowest BCUT2D eigenvalue weighted by Crippen LogP contribution is -1.97. The average molecular weight is 286 g/mol. The molecule has 0 atom stereocenters. The van der Waals surface area contributed by atoms with Crippen LogP contribution >= 0.6 is 0 Å². The van der Waals surface area contributed by atoms with Gasteiger partial charge in [-0.3, -0.25) is 4.68 Å². The number of aliphatic hydroxyl groups is 1. The van der Waals surface area contributed by atoms with Gasteiger partial charge in [-0.15, -0.1) is 0 Å². The normalized spacial score (nSPS) is 9.86. The van der Waals surface area contributed by atoms with E-state index in [-0.39, 0.29) is 6.61 Å². The fraction of sp³-hybridized carbons (Fsp3) is 0.312. The minimum absolute atomic E-state index is 0.195. The molecule has 0 aliphatic carbocycles. The first-order valence-electron chi connectivity index (χ1n) is 6.68. The molecule has 0 spiro atoms. The zero-order valence-corrected chi connectivity index (χ0v) is 12.2. The minimum Gasteiger partial charge on any atom is -0.497 e. The molecule has 0 radical (unpaired) electrons. The molecular weight excluding hydrogens is 268 g/mol. The number of aryl methyl sites for hydroxylation is 1.